The lowest BCUT2D eigenvalue weighted by atomic mass is 10.4. The molecule has 2 aromatic heterocycles. The highest BCUT2D eigenvalue weighted by Gasteiger charge is 2.05. The molecule has 2 aromatic rings. The second-order valence-corrected chi connectivity index (χ2v) is 4.23. The minimum absolute atomic E-state index is 0.446. The van der Waals surface area contributed by atoms with Crippen LogP contribution >= 0.6 is 11.8 Å². The zero-order valence-electron chi connectivity index (χ0n) is 9.01. The third-order valence-corrected chi connectivity index (χ3v) is 2.54. The van der Waals surface area contributed by atoms with Gasteiger partial charge in [-0.05, 0) is 37.7 Å². The summed E-state index contributed by atoms with van der Waals surface area (Å²) in [5.41, 5.74) is 7.43. The lowest BCUT2D eigenvalue weighted by Crippen LogP contribution is -1.96. The van der Waals surface area contributed by atoms with E-state index in [1.807, 2.05) is 19.9 Å². The Hall–Kier alpha value is -1.69. The molecule has 2 heterocycles. The van der Waals surface area contributed by atoms with Crippen LogP contribution in [0.15, 0.2) is 28.6 Å². The van der Waals surface area contributed by atoms with Gasteiger partial charge in [-0.15, -0.1) is 0 Å². The molecule has 82 valence electrons. The van der Waals surface area contributed by atoms with Crippen molar-refractivity contribution in [1.82, 2.24) is 19.9 Å². The van der Waals surface area contributed by atoms with Gasteiger partial charge in [0, 0.05) is 17.6 Å². The van der Waals surface area contributed by atoms with Gasteiger partial charge in [-0.25, -0.2) is 19.9 Å². The summed E-state index contributed by atoms with van der Waals surface area (Å²) in [4.78, 5) is 16.7. The summed E-state index contributed by atoms with van der Waals surface area (Å²) >= 11 is 1.31. The molecule has 0 radical (unpaired) electrons. The third-order valence-electron chi connectivity index (χ3n) is 1.80. The molecule has 5 nitrogen and oxygen atoms in total. The van der Waals surface area contributed by atoms with E-state index in [0.29, 0.717) is 16.1 Å². The maximum absolute atomic E-state index is 5.57. The van der Waals surface area contributed by atoms with Gasteiger partial charge in [0.25, 0.3) is 0 Å². The van der Waals surface area contributed by atoms with Crippen molar-refractivity contribution < 1.29 is 0 Å². The van der Waals surface area contributed by atoms with E-state index in [0.717, 1.165) is 11.4 Å². The monoisotopic (exact) mass is 233 g/mol. The van der Waals surface area contributed by atoms with Gasteiger partial charge in [-0.1, -0.05) is 0 Å². The average molecular weight is 233 g/mol. The van der Waals surface area contributed by atoms with Crippen LogP contribution < -0.4 is 5.73 Å². The fourth-order valence-corrected chi connectivity index (χ4v) is 2.03. The number of nitrogens with two attached hydrogens (primary N) is 1. The molecule has 0 saturated carbocycles. The largest absolute Gasteiger partial charge is 0.384 e. The van der Waals surface area contributed by atoms with Gasteiger partial charge in [0.1, 0.15) is 5.82 Å². The van der Waals surface area contributed by atoms with Gasteiger partial charge in [-0.3, -0.25) is 0 Å². The van der Waals surface area contributed by atoms with E-state index < -0.39 is 0 Å². The molecule has 2 rings (SSSR count). The maximum Gasteiger partial charge on any atom is 0.197 e. The zero-order chi connectivity index (χ0) is 11.5. The van der Waals surface area contributed by atoms with Crippen molar-refractivity contribution in [3.63, 3.8) is 0 Å². The molecule has 0 aliphatic rings. The number of hydrogen-bond acceptors (Lipinski definition) is 6. The molecule has 0 fully saturated rings. The van der Waals surface area contributed by atoms with Crippen molar-refractivity contribution in [3.8, 4) is 0 Å². The molecular formula is C10H11N5S. The number of hydrogen-bond donors (Lipinski definition) is 1. The SMILES string of the molecule is Cc1cc(C)nc(Sc2nccc(N)n2)n1. The fourth-order valence-electron chi connectivity index (χ4n) is 1.22. The predicted molar refractivity (Wildman–Crippen MR) is 62.1 cm³/mol. The minimum Gasteiger partial charge on any atom is -0.384 e. The minimum atomic E-state index is 0.446. The molecule has 0 spiro atoms. The normalized spacial score (nSPS) is 10.4. The van der Waals surface area contributed by atoms with E-state index in [2.05, 4.69) is 19.9 Å². The Labute approximate surface area is 97.6 Å². The Morgan fingerprint density at radius 2 is 1.75 bits per heavy atom. The molecule has 0 aliphatic heterocycles. The summed E-state index contributed by atoms with van der Waals surface area (Å²) in [7, 11) is 0. The van der Waals surface area contributed by atoms with Crippen molar-refractivity contribution in [2.45, 2.75) is 24.2 Å². The number of aryl methyl sites for hydroxylation is 2. The molecule has 0 aliphatic carbocycles. The molecular weight excluding hydrogens is 222 g/mol. The summed E-state index contributed by atoms with van der Waals surface area (Å²) in [6.07, 6.45) is 1.62. The van der Waals surface area contributed by atoms with E-state index in [1.165, 1.54) is 11.8 Å². The maximum atomic E-state index is 5.57. The quantitative estimate of drug-likeness (QED) is 0.794. The molecule has 6 heteroatoms. The number of aromatic nitrogens is 4. The van der Waals surface area contributed by atoms with Crippen LogP contribution in [0.5, 0.6) is 0 Å². The highest BCUT2D eigenvalue weighted by molar-refractivity contribution is 7.99. The number of nitrogen functional groups attached to an aromatic ring is 1. The van der Waals surface area contributed by atoms with Crippen LogP contribution in [0.4, 0.5) is 5.82 Å². The first kappa shape index (κ1) is 10.8. The van der Waals surface area contributed by atoms with Gasteiger partial charge in [-0.2, -0.15) is 0 Å². The lowest BCUT2D eigenvalue weighted by molar-refractivity contribution is 0.888. The van der Waals surface area contributed by atoms with Crippen LogP contribution in [0, 0.1) is 13.8 Å². The van der Waals surface area contributed by atoms with Gasteiger partial charge in [0.15, 0.2) is 10.3 Å². The van der Waals surface area contributed by atoms with E-state index >= 15 is 0 Å². The van der Waals surface area contributed by atoms with E-state index in [-0.39, 0.29) is 0 Å². The highest BCUT2D eigenvalue weighted by Crippen LogP contribution is 2.21. The van der Waals surface area contributed by atoms with Crippen LogP contribution in [-0.2, 0) is 0 Å². The van der Waals surface area contributed by atoms with Gasteiger partial charge >= 0.3 is 0 Å². The molecule has 0 amide bonds. The summed E-state index contributed by atoms with van der Waals surface area (Å²) in [5, 5.41) is 1.20. The van der Waals surface area contributed by atoms with Crippen molar-refractivity contribution >= 4 is 17.6 Å². The van der Waals surface area contributed by atoms with E-state index in [4.69, 9.17) is 5.73 Å². The zero-order valence-corrected chi connectivity index (χ0v) is 9.82. The first-order chi connectivity index (χ1) is 7.63. The van der Waals surface area contributed by atoms with Gasteiger partial charge in [0.2, 0.25) is 0 Å². The van der Waals surface area contributed by atoms with Crippen LogP contribution in [0.25, 0.3) is 0 Å². The van der Waals surface area contributed by atoms with Crippen LogP contribution in [0.2, 0.25) is 0 Å². The molecule has 2 N–H and O–H groups in total. The number of anilines is 1. The van der Waals surface area contributed by atoms with Crippen molar-refractivity contribution in [1.29, 1.82) is 0 Å². The van der Waals surface area contributed by atoms with E-state index in [1.54, 1.807) is 12.3 Å². The van der Waals surface area contributed by atoms with Gasteiger partial charge < -0.3 is 5.73 Å². The summed E-state index contributed by atoms with van der Waals surface area (Å²) < 4.78 is 0. The van der Waals surface area contributed by atoms with Crippen molar-refractivity contribution in [3.05, 3.63) is 29.7 Å². The Morgan fingerprint density at radius 1 is 1.06 bits per heavy atom. The second-order valence-electron chi connectivity index (χ2n) is 3.30. The Balaban J connectivity index is 2.27. The summed E-state index contributed by atoms with van der Waals surface area (Å²) in [6.45, 7) is 3.86. The molecule has 0 unspecified atom stereocenters. The highest BCUT2D eigenvalue weighted by atomic mass is 32.2. The van der Waals surface area contributed by atoms with E-state index in [9.17, 15) is 0 Å². The van der Waals surface area contributed by atoms with Crippen molar-refractivity contribution in [2.24, 2.45) is 0 Å². The standard InChI is InChI=1S/C10H11N5S/c1-6-5-7(2)14-10(13-6)16-9-12-4-3-8(11)15-9/h3-5H,1-2H3,(H2,11,12,15). The number of rotatable bonds is 2. The second kappa shape index (κ2) is 4.44. The molecule has 16 heavy (non-hydrogen) atoms. The molecule has 0 saturated heterocycles. The van der Waals surface area contributed by atoms with Crippen LogP contribution in [0.3, 0.4) is 0 Å². The Bertz CT molecular complexity index is 494. The topological polar surface area (TPSA) is 77.6 Å². The fraction of sp³-hybridized carbons (Fsp3) is 0.200. The first-order valence-electron chi connectivity index (χ1n) is 4.72. The summed E-state index contributed by atoms with van der Waals surface area (Å²) in [6, 6.07) is 3.57. The Kier molecular flexibility index (Phi) is 3.00. The van der Waals surface area contributed by atoms with Crippen molar-refractivity contribution in [2.75, 3.05) is 5.73 Å². The molecule has 0 aromatic carbocycles. The van der Waals surface area contributed by atoms with Gasteiger partial charge in [0.05, 0.1) is 0 Å². The molecule has 0 bridgehead atoms. The third kappa shape index (κ3) is 2.66. The predicted octanol–water partition coefficient (Wildman–Crippen LogP) is 1.62. The number of nitrogens with zero attached hydrogens (tertiary/aromatic N) is 4. The Morgan fingerprint density at radius 3 is 2.38 bits per heavy atom. The molecule has 0 atom stereocenters. The summed E-state index contributed by atoms with van der Waals surface area (Å²) in [5.74, 6) is 0.446. The van der Waals surface area contributed by atoms with Crippen LogP contribution in [-0.4, -0.2) is 19.9 Å². The lowest BCUT2D eigenvalue weighted by Gasteiger charge is -2.01. The smallest absolute Gasteiger partial charge is 0.197 e. The average Bonchev–Trinajstić information content (AvgIpc) is 2.15. The first-order valence-corrected chi connectivity index (χ1v) is 5.54. The van der Waals surface area contributed by atoms with Crippen LogP contribution in [0.1, 0.15) is 11.4 Å².